The quantitative estimate of drug-likeness (QED) is 0.484. The van der Waals surface area contributed by atoms with Gasteiger partial charge in [0, 0.05) is 0 Å². The highest BCUT2D eigenvalue weighted by Crippen LogP contribution is 2.02. The monoisotopic (exact) mass is 145 g/mol. The molecule has 0 rings (SSSR count). The Balaban J connectivity index is 0. The van der Waals surface area contributed by atoms with Gasteiger partial charge in [0.15, 0.2) is 0 Å². The Morgan fingerprint density at radius 2 is 2.30 bits per heavy atom. The lowest BCUT2D eigenvalue weighted by atomic mass is 10.1. The molecule has 10 heavy (non-hydrogen) atoms. The van der Waals surface area contributed by atoms with Gasteiger partial charge in [0.2, 0.25) is 0 Å². The molecule has 0 aromatic carbocycles. The van der Waals surface area contributed by atoms with E-state index in [2.05, 4.69) is 11.3 Å². The second kappa shape index (κ2) is 6.29. The number of carbonyl (C=O) groups excluding carboxylic acids is 1. The predicted molar refractivity (Wildman–Crippen MR) is 41.0 cm³/mol. The van der Waals surface area contributed by atoms with Crippen LogP contribution >= 0.6 is 0 Å². The molecule has 0 fully saturated rings. The van der Waals surface area contributed by atoms with E-state index in [4.69, 9.17) is 0 Å². The molecule has 3 heteroatoms. The van der Waals surface area contributed by atoms with Gasteiger partial charge in [-0.3, -0.25) is 4.79 Å². The molecule has 0 radical (unpaired) electrons. The van der Waals surface area contributed by atoms with E-state index in [0.29, 0.717) is 6.42 Å². The number of hydrogen-bond acceptors (Lipinski definition) is 3. The molecule has 1 unspecified atom stereocenters. The highest BCUT2D eigenvalue weighted by molar-refractivity contribution is 5.71. The molecule has 0 aliphatic heterocycles. The average molecular weight is 145 g/mol. The standard InChI is InChI=1S/C7H12O2.H3N/c1-4-5-6(2)7(8)9-3;/h4,6H,1,5H2,2-3H3;1H3. The number of methoxy groups -OCH3 is 1. The Kier molecular flexibility index (Phi) is 7.49. The maximum Gasteiger partial charge on any atom is 0.308 e. The van der Waals surface area contributed by atoms with Crippen molar-refractivity contribution in [1.82, 2.24) is 6.15 Å². The van der Waals surface area contributed by atoms with Gasteiger partial charge in [-0.2, -0.15) is 0 Å². The van der Waals surface area contributed by atoms with E-state index in [1.54, 1.807) is 6.08 Å². The molecule has 3 nitrogen and oxygen atoms in total. The summed E-state index contributed by atoms with van der Waals surface area (Å²) in [4.78, 5) is 10.6. The Morgan fingerprint density at radius 3 is 2.60 bits per heavy atom. The van der Waals surface area contributed by atoms with Crippen LogP contribution in [0.1, 0.15) is 13.3 Å². The van der Waals surface area contributed by atoms with Gasteiger partial charge in [-0.25, -0.2) is 0 Å². The van der Waals surface area contributed by atoms with E-state index in [1.807, 2.05) is 6.92 Å². The first-order chi connectivity index (χ1) is 4.22. The molecule has 60 valence electrons. The number of allylic oxidation sites excluding steroid dienone is 1. The Bertz CT molecular complexity index is 112. The van der Waals surface area contributed by atoms with Crippen LogP contribution in [0.15, 0.2) is 12.7 Å². The van der Waals surface area contributed by atoms with E-state index in [0.717, 1.165) is 0 Å². The van der Waals surface area contributed by atoms with Crippen LogP contribution in [0.3, 0.4) is 0 Å². The summed E-state index contributed by atoms with van der Waals surface area (Å²) in [7, 11) is 1.39. The molecular formula is C7H15NO2. The maximum atomic E-state index is 10.6. The van der Waals surface area contributed by atoms with E-state index < -0.39 is 0 Å². The van der Waals surface area contributed by atoms with E-state index in [-0.39, 0.29) is 18.0 Å². The molecule has 0 aromatic rings. The van der Waals surface area contributed by atoms with Crippen LogP contribution in [0.4, 0.5) is 0 Å². The van der Waals surface area contributed by atoms with Crippen molar-refractivity contribution in [2.24, 2.45) is 5.92 Å². The number of esters is 1. The summed E-state index contributed by atoms with van der Waals surface area (Å²) < 4.78 is 4.48. The largest absolute Gasteiger partial charge is 0.469 e. The van der Waals surface area contributed by atoms with Crippen LogP contribution in [0.25, 0.3) is 0 Å². The van der Waals surface area contributed by atoms with Gasteiger partial charge in [-0.1, -0.05) is 13.0 Å². The summed E-state index contributed by atoms with van der Waals surface area (Å²) in [6.07, 6.45) is 2.40. The van der Waals surface area contributed by atoms with Crippen molar-refractivity contribution in [1.29, 1.82) is 0 Å². The van der Waals surface area contributed by atoms with Gasteiger partial charge in [0.25, 0.3) is 0 Å². The smallest absolute Gasteiger partial charge is 0.308 e. The molecule has 3 N–H and O–H groups in total. The number of hydrogen-bond donors (Lipinski definition) is 1. The maximum absolute atomic E-state index is 10.6. The van der Waals surface area contributed by atoms with Crippen LogP contribution in [0, 0.1) is 5.92 Å². The first-order valence-corrected chi connectivity index (χ1v) is 2.91. The highest BCUT2D eigenvalue weighted by Gasteiger charge is 2.09. The van der Waals surface area contributed by atoms with Gasteiger partial charge < -0.3 is 10.9 Å². The molecule has 0 saturated carbocycles. The van der Waals surface area contributed by atoms with E-state index in [9.17, 15) is 4.79 Å². The normalized spacial score (nSPS) is 11.0. The molecule has 1 atom stereocenters. The van der Waals surface area contributed by atoms with Crippen molar-refractivity contribution in [2.45, 2.75) is 13.3 Å². The summed E-state index contributed by atoms with van der Waals surface area (Å²) in [5.74, 6) is -0.220. The fourth-order valence-electron chi connectivity index (χ4n) is 0.547. The van der Waals surface area contributed by atoms with Gasteiger partial charge in [-0.05, 0) is 6.42 Å². The average Bonchev–Trinajstić information content (AvgIpc) is 1.87. The zero-order valence-corrected chi connectivity index (χ0v) is 6.59. The van der Waals surface area contributed by atoms with Crippen molar-refractivity contribution in [2.75, 3.05) is 7.11 Å². The predicted octanol–water partition coefficient (Wildman–Crippen LogP) is 1.53. The van der Waals surface area contributed by atoms with Crippen molar-refractivity contribution in [3.05, 3.63) is 12.7 Å². The van der Waals surface area contributed by atoms with Gasteiger partial charge in [0.1, 0.15) is 0 Å². The van der Waals surface area contributed by atoms with Gasteiger partial charge in [0.05, 0.1) is 13.0 Å². The first-order valence-electron chi connectivity index (χ1n) is 2.91. The van der Waals surface area contributed by atoms with Gasteiger partial charge >= 0.3 is 5.97 Å². The van der Waals surface area contributed by atoms with Crippen molar-refractivity contribution >= 4 is 5.97 Å². The van der Waals surface area contributed by atoms with Crippen LogP contribution in [-0.4, -0.2) is 13.1 Å². The third-order valence-electron chi connectivity index (χ3n) is 1.12. The Hall–Kier alpha value is -0.830. The number of ether oxygens (including phenoxy) is 1. The molecule has 0 amide bonds. The molecule has 0 aromatic heterocycles. The molecular weight excluding hydrogens is 130 g/mol. The minimum Gasteiger partial charge on any atom is -0.469 e. The SMILES string of the molecule is C=CCC(C)C(=O)OC.N. The number of carbonyl (C=O) groups is 1. The van der Waals surface area contributed by atoms with Crippen LogP contribution in [0.2, 0.25) is 0 Å². The third kappa shape index (κ3) is 4.09. The fraction of sp³-hybridized carbons (Fsp3) is 0.571. The lowest BCUT2D eigenvalue weighted by molar-refractivity contribution is -0.144. The highest BCUT2D eigenvalue weighted by atomic mass is 16.5. The number of rotatable bonds is 3. The third-order valence-corrected chi connectivity index (χ3v) is 1.12. The molecule has 0 aliphatic carbocycles. The molecule has 0 saturated heterocycles. The lowest BCUT2D eigenvalue weighted by Gasteiger charge is -2.03. The van der Waals surface area contributed by atoms with Crippen molar-refractivity contribution in [3.8, 4) is 0 Å². The Labute approximate surface area is 61.7 Å². The van der Waals surface area contributed by atoms with Crippen LogP contribution < -0.4 is 6.15 Å². The summed E-state index contributed by atoms with van der Waals surface area (Å²) in [6.45, 7) is 5.32. The summed E-state index contributed by atoms with van der Waals surface area (Å²) in [6, 6.07) is 0. The second-order valence-electron chi connectivity index (χ2n) is 1.95. The van der Waals surface area contributed by atoms with Crippen LogP contribution in [0.5, 0.6) is 0 Å². The first kappa shape index (κ1) is 11.9. The Morgan fingerprint density at radius 1 is 1.80 bits per heavy atom. The zero-order chi connectivity index (χ0) is 7.28. The molecule has 0 heterocycles. The van der Waals surface area contributed by atoms with E-state index in [1.165, 1.54) is 7.11 Å². The summed E-state index contributed by atoms with van der Waals surface area (Å²) >= 11 is 0. The topological polar surface area (TPSA) is 61.3 Å². The fourth-order valence-corrected chi connectivity index (χ4v) is 0.547. The van der Waals surface area contributed by atoms with Gasteiger partial charge in [-0.15, -0.1) is 6.58 Å². The van der Waals surface area contributed by atoms with Crippen molar-refractivity contribution in [3.63, 3.8) is 0 Å². The van der Waals surface area contributed by atoms with Crippen LogP contribution in [-0.2, 0) is 9.53 Å². The van der Waals surface area contributed by atoms with Crippen molar-refractivity contribution < 1.29 is 9.53 Å². The van der Waals surface area contributed by atoms with E-state index >= 15 is 0 Å². The molecule has 0 aliphatic rings. The molecule has 0 spiro atoms. The minimum atomic E-state index is -0.171. The summed E-state index contributed by atoms with van der Waals surface area (Å²) in [5, 5.41) is 0. The second-order valence-corrected chi connectivity index (χ2v) is 1.95. The zero-order valence-electron chi connectivity index (χ0n) is 6.59. The minimum absolute atomic E-state index is 0. The lowest BCUT2D eigenvalue weighted by Crippen LogP contribution is -2.11. The summed E-state index contributed by atoms with van der Waals surface area (Å²) in [5.41, 5.74) is 0. The molecule has 0 bridgehead atoms.